The molecule has 42 heavy (non-hydrogen) atoms. The van der Waals surface area contributed by atoms with E-state index in [1.165, 1.54) is 11.0 Å². The first-order valence-corrected chi connectivity index (χ1v) is 16.7. The summed E-state index contributed by atoms with van der Waals surface area (Å²) in [6.45, 7) is 1.52. The van der Waals surface area contributed by atoms with Crippen LogP contribution in [-0.4, -0.2) is 50.0 Å². The summed E-state index contributed by atoms with van der Waals surface area (Å²) in [5, 5.41) is 3.40. The maximum absolute atomic E-state index is 14.3. The molecule has 1 fully saturated rings. The molecule has 0 aliphatic heterocycles. The van der Waals surface area contributed by atoms with E-state index in [2.05, 4.69) is 5.32 Å². The molecule has 3 aromatic rings. The van der Waals surface area contributed by atoms with Crippen molar-refractivity contribution in [2.24, 2.45) is 0 Å². The van der Waals surface area contributed by atoms with Crippen molar-refractivity contribution in [3.8, 4) is 0 Å². The number of carbonyl (C=O) groups is 2. The molecule has 1 aliphatic carbocycles. The largest absolute Gasteiger partial charge is 0.352 e. The van der Waals surface area contributed by atoms with Crippen LogP contribution in [0.25, 0.3) is 0 Å². The Kier molecular flexibility index (Phi) is 10.9. The number of sulfonamides is 1. The number of nitrogens with one attached hydrogen (secondary N) is 1. The third kappa shape index (κ3) is 8.27. The van der Waals surface area contributed by atoms with Crippen LogP contribution in [-0.2, 0) is 32.6 Å². The van der Waals surface area contributed by atoms with Gasteiger partial charge in [-0.1, -0.05) is 103 Å². The van der Waals surface area contributed by atoms with Gasteiger partial charge in [-0.25, -0.2) is 8.42 Å². The summed E-state index contributed by atoms with van der Waals surface area (Å²) in [6.07, 6.45) is 6.31. The molecule has 0 aromatic heterocycles. The second-order valence-electron chi connectivity index (χ2n) is 10.8. The Labute approximate surface area is 258 Å². The molecule has 0 bridgehead atoms. The third-order valence-corrected chi connectivity index (χ3v) is 9.64. The lowest BCUT2D eigenvalue weighted by molar-refractivity contribution is -0.140. The summed E-state index contributed by atoms with van der Waals surface area (Å²) in [4.78, 5) is 29.8. The molecule has 10 heteroatoms. The quantitative estimate of drug-likeness (QED) is 0.275. The Morgan fingerprint density at radius 1 is 0.929 bits per heavy atom. The van der Waals surface area contributed by atoms with E-state index in [9.17, 15) is 18.0 Å². The van der Waals surface area contributed by atoms with Crippen LogP contribution in [0.2, 0.25) is 10.0 Å². The second kappa shape index (κ2) is 14.4. The molecule has 0 spiro atoms. The lowest BCUT2D eigenvalue weighted by Crippen LogP contribution is -2.55. The number of hydrogen-bond donors (Lipinski definition) is 1. The van der Waals surface area contributed by atoms with E-state index in [1.807, 2.05) is 61.5 Å². The van der Waals surface area contributed by atoms with Gasteiger partial charge in [-0.2, -0.15) is 0 Å². The van der Waals surface area contributed by atoms with Gasteiger partial charge in [0.2, 0.25) is 21.8 Å². The predicted molar refractivity (Wildman–Crippen MR) is 169 cm³/mol. The minimum absolute atomic E-state index is 0.0266. The normalized spacial score (nSPS) is 14.7. The maximum Gasteiger partial charge on any atom is 0.244 e. The van der Waals surface area contributed by atoms with E-state index in [-0.39, 0.29) is 40.6 Å². The zero-order chi connectivity index (χ0) is 30.3. The fourth-order valence-electron chi connectivity index (χ4n) is 5.35. The lowest BCUT2D eigenvalue weighted by Gasteiger charge is -2.35. The average Bonchev–Trinajstić information content (AvgIpc) is 2.96. The van der Waals surface area contributed by atoms with Gasteiger partial charge < -0.3 is 10.2 Å². The Morgan fingerprint density at radius 3 is 2.26 bits per heavy atom. The van der Waals surface area contributed by atoms with Crippen LogP contribution in [0.15, 0.2) is 72.8 Å². The maximum atomic E-state index is 14.3. The van der Waals surface area contributed by atoms with E-state index in [1.54, 1.807) is 12.1 Å². The predicted octanol–water partition coefficient (Wildman–Crippen LogP) is 6.16. The molecule has 224 valence electrons. The first-order chi connectivity index (χ1) is 20.0. The van der Waals surface area contributed by atoms with Crippen LogP contribution < -0.4 is 9.62 Å². The molecule has 1 atom stereocenters. The number of benzene rings is 3. The van der Waals surface area contributed by atoms with Gasteiger partial charge in [-0.05, 0) is 48.6 Å². The molecule has 4 rings (SSSR count). The van der Waals surface area contributed by atoms with Crippen molar-refractivity contribution in [1.29, 1.82) is 0 Å². The number of carbonyl (C=O) groups excluding carboxylic acids is 2. The number of hydrogen-bond acceptors (Lipinski definition) is 4. The number of aryl methyl sites for hydroxylation is 1. The third-order valence-electron chi connectivity index (χ3n) is 7.70. The molecule has 0 heterocycles. The van der Waals surface area contributed by atoms with Crippen molar-refractivity contribution in [2.75, 3.05) is 17.1 Å². The molecule has 3 aromatic carbocycles. The van der Waals surface area contributed by atoms with E-state index in [4.69, 9.17) is 23.2 Å². The second-order valence-corrected chi connectivity index (χ2v) is 13.5. The van der Waals surface area contributed by atoms with E-state index in [0.29, 0.717) is 0 Å². The van der Waals surface area contributed by atoms with E-state index >= 15 is 0 Å². The highest BCUT2D eigenvalue weighted by atomic mass is 35.5. The van der Waals surface area contributed by atoms with Crippen LogP contribution in [0.5, 0.6) is 0 Å². The van der Waals surface area contributed by atoms with Crippen LogP contribution >= 0.6 is 23.2 Å². The molecular formula is C32H37Cl2N3O4S. The Bertz CT molecular complexity index is 1490. The molecule has 1 N–H and O–H groups in total. The van der Waals surface area contributed by atoms with Gasteiger partial charge in [0.25, 0.3) is 0 Å². The molecular weight excluding hydrogens is 593 g/mol. The fourth-order valence-corrected chi connectivity index (χ4v) is 6.65. The highest BCUT2D eigenvalue weighted by molar-refractivity contribution is 7.92. The highest BCUT2D eigenvalue weighted by Gasteiger charge is 2.34. The summed E-state index contributed by atoms with van der Waals surface area (Å²) in [5.74, 6) is -0.779. The Hall–Kier alpha value is -3.07. The topological polar surface area (TPSA) is 86.8 Å². The lowest BCUT2D eigenvalue weighted by atomic mass is 9.94. The smallest absolute Gasteiger partial charge is 0.244 e. The van der Waals surface area contributed by atoms with Crippen molar-refractivity contribution in [1.82, 2.24) is 10.2 Å². The van der Waals surface area contributed by atoms with Crippen molar-refractivity contribution in [2.45, 2.75) is 64.1 Å². The molecule has 2 amide bonds. The minimum Gasteiger partial charge on any atom is -0.352 e. The summed E-state index contributed by atoms with van der Waals surface area (Å²) in [6, 6.07) is 21.0. The van der Waals surface area contributed by atoms with Crippen molar-refractivity contribution < 1.29 is 18.0 Å². The monoisotopic (exact) mass is 629 g/mol. The van der Waals surface area contributed by atoms with Crippen molar-refractivity contribution in [3.63, 3.8) is 0 Å². The molecule has 1 aliphatic rings. The van der Waals surface area contributed by atoms with Crippen LogP contribution in [0.3, 0.4) is 0 Å². The van der Waals surface area contributed by atoms with Crippen LogP contribution in [0.4, 0.5) is 5.69 Å². The molecule has 0 saturated heterocycles. The zero-order valence-electron chi connectivity index (χ0n) is 23.9. The van der Waals surface area contributed by atoms with Gasteiger partial charge in [-0.15, -0.1) is 0 Å². The van der Waals surface area contributed by atoms with Crippen LogP contribution in [0, 0.1) is 6.92 Å². The molecule has 7 nitrogen and oxygen atoms in total. The minimum atomic E-state index is -3.95. The van der Waals surface area contributed by atoms with Gasteiger partial charge in [0.1, 0.15) is 12.6 Å². The van der Waals surface area contributed by atoms with E-state index in [0.717, 1.165) is 59.4 Å². The van der Waals surface area contributed by atoms with Gasteiger partial charge >= 0.3 is 0 Å². The SMILES string of the molecule is Cc1ccccc1CN(C(=O)CN(c1cccc(Cl)c1Cl)S(C)(=O)=O)C(Cc1ccccc1)C(=O)NC1CCCCC1. The highest BCUT2D eigenvalue weighted by Crippen LogP contribution is 2.34. The van der Waals surface area contributed by atoms with Gasteiger partial charge in [0.15, 0.2) is 0 Å². The van der Waals surface area contributed by atoms with Gasteiger partial charge in [0, 0.05) is 19.0 Å². The van der Waals surface area contributed by atoms with E-state index < -0.39 is 28.5 Å². The standard InChI is InChI=1S/C32H37Cl2N3O4S/c1-23-12-9-10-15-25(23)21-36(30(38)22-37(42(2,40)41)28-19-11-18-27(33)31(28)34)29(20-24-13-5-3-6-14-24)32(39)35-26-16-7-4-8-17-26/h3,5-6,9-15,18-19,26,29H,4,7-8,16-17,20-22H2,1-2H3,(H,35,39). The summed E-state index contributed by atoms with van der Waals surface area (Å²) in [7, 11) is -3.95. The zero-order valence-corrected chi connectivity index (χ0v) is 26.3. The number of halogens is 2. The Morgan fingerprint density at radius 2 is 1.60 bits per heavy atom. The van der Waals surface area contributed by atoms with Crippen LogP contribution in [0.1, 0.15) is 48.8 Å². The van der Waals surface area contributed by atoms with Gasteiger partial charge in [0.05, 0.1) is 22.0 Å². The first kappa shape index (κ1) is 31.9. The van der Waals surface area contributed by atoms with Crippen molar-refractivity contribution >= 4 is 50.7 Å². The molecule has 1 saturated carbocycles. The first-order valence-electron chi connectivity index (χ1n) is 14.1. The Balaban J connectivity index is 1.75. The number of anilines is 1. The van der Waals surface area contributed by atoms with Gasteiger partial charge in [-0.3, -0.25) is 13.9 Å². The molecule has 1 unspecified atom stereocenters. The summed E-state index contributed by atoms with van der Waals surface area (Å²) < 4.78 is 26.9. The summed E-state index contributed by atoms with van der Waals surface area (Å²) in [5.41, 5.74) is 2.81. The average molecular weight is 631 g/mol. The fraction of sp³-hybridized carbons (Fsp3) is 0.375. The number of rotatable bonds is 11. The molecule has 0 radical (unpaired) electrons. The number of nitrogens with zero attached hydrogens (tertiary/aromatic N) is 2. The summed E-state index contributed by atoms with van der Waals surface area (Å²) >= 11 is 12.6. The van der Waals surface area contributed by atoms with Crippen molar-refractivity contribution in [3.05, 3.63) is 99.5 Å². The number of amides is 2.